The molecule has 1 saturated heterocycles. The number of carboxylic acids is 1. The molecule has 0 bridgehead atoms. The Balaban J connectivity index is 2.04. The number of β-amino-alcohol motifs (C(OH)–C–C–N with tert-alkyl or cyclic N) is 1. The minimum Gasteiger partial charge on any atom is -0.508 e. The van der Waals surface area contributed by atoms with Crippen LogP contribution in [0.4, 0.5) is 0 Å². The van der Waals surface area contributed by atoms with Crippen LogP contribution in [-0.2, 0) is 16.0 Å². The van der Waals surface area contributed by atoms with Crippen molar-refractivity contribution in [3.63, 3.8) is 0 Å². The zero-order valence-corrected chi connectivity index (χ0v) is 11.3. The van der Waals surface area contributed by atoms with Crippen LogP contribution < -0.4 is 5.73 Å². The van der Waals surface area contributed by atoms with Gasteiger partial charge in [0.05, 0.1) is 12.1 Å². The van der Waals surface area contributed by atoms with E-state index in [2.05, 4.69) is 0 Å². The largest absolute Gasteiger partial charge is 0.508 e. The number of amides is 1. The Morgan fingerprint density at radius 2 is 1.95 bits per heavy atom. The molecule has 3 atom stereocenters. The van der Waals surface area contributed by atoms with Crippen LogP contribution in [0.3, 0.4) is 0 Å². The Kier molecular flexibility index (Phi) is 4.44. The van der Waals surface area contributed by atoms with Crippen LogP contribution in [0.5, 0.6) is 5.75 Å². The number of nitrogens with two attached hydrogens (primary N) is 1. The van der Waals surface area contributed by atoms with E-state index >= 15 is 0 Å². The lowest BCUT2D eigenvalue weighted by Crippen LogP contribution is -2.49. The number of carboxylic acid groups (broad SMARTS) is 1. The second-order valence-corrected chi connectivity index (χ2v) is 5.21. The quantitative estimate of drug-likeness (QED) is 0.582. The summed E-state index contributed by atoms with van der Waals surface area (Å²) in [7, 11) is 0. The lowest BCUT2D eigenvalue weighted by molar-refractivity contribution is -0.148. The topological polar surface area (TPSA) is 124 Å². The molecule has 1 fully saturated rings. The van der Waals surface area contributed by atoms with Crippen molar-refractivity contribution in [3.8, 4) is 5.75 Å². The van der Waals surface area contributed by atoms with E-state index in [-0.39, 0.29) is 25.1 Å². The molecule has 1 amide bonds. The monoisotopic (exact) mass is 294 g/mol. The van der Waals surface area contributed by atoms with Gasteiger partial charge in [0.25, 0.3) is 0 Å². The molecule has 5 N–H and O–H groups in total. The molecule has 114 valence electrons. The highest BCUT2D eigenvalue weighted by atomic mass is 16.4. The third-order valence-electron chi connectivity index (χ3n) is 3.56. The molecule has 1 unspecified atom stereocenters. The Morgan fingerprint density at radius 3 is 2.52 bits per heavy atom. The van der Waals surface area contributed by atoms with Crippen molar-refractivity contribution in [2.75, 3.05) is 6.54 Å². The molecular formula is C14H18N2O5. The zero-order chi connectivity index (χ0) is 15.6. The number of aliphatic carboxylic acids is 1. The smallest absolute Gasteiger partial charge is 0.326 e. The number of phenols is 1. The SMILES string of the molecule is N[C@H](Cc1ccc(O)cc1)C(=O)N1CC(O)C[C@H]1C(=O)O. The van der Waals surface area contributed by atoms with Gasteiger partial charge in [-0.1, -0.05) is 12.1 Å². The highest BCUT2D eigenvalue weighted by molar-refractivity contribution is 5.87. The second-order valence-electron chi connectivity index (χ2n) is 5.21. The summed E-state index contributed by atoms with van der Waals surface area (Å²) in [4.78, 5) is 24.5. The number of benzene rings is 1. The number of hydrogen-bond acceptors (Lipinski definition) is 5. The van der Waals surface area contributed by atoms with Crippen molar-refractivity contribution < 1.29 is 24.9 Å². The normalized spacial score (nSPS) is 23.0. The first-order valence-corrected chi connectivity index (χ1v) is 6.63. The van der Waals surface area contributed by atoms with Crippen molar-refractivity contribution in [1.82, 2.24) is 4.90 Å². The first kappa shape index (κ1) is 15.3. The molecule has 0 saturated carbocycles. The molecule has 1 aromatic rings. The molecule has 1 aromatic carbocycles. The Labute approximate surface area is 121 Å². The van der Waals surface area contributed by atoms with Gasteiger partial charge in [0.2, 0.25) is 5.91 Å². The van der Waals surface area contributed by atoms with E-state index in [1.54, 1.807) is 12.1 Å². The maximum Gasteiger partial charge on any atom is 0.326 e. The van der Waals surface area contributed by atoms with Crippen molar-refractivity contribution in [3.05, 3.63) is 29.8 Å². The molecule has 0 radical (unpaired) electrons. The summed E-state index contributed by atoms with van der Waals surface area (Å²) in [5.74, 6) is -1.52. The molecule has 1 aliphatic rings. The van der Waals surface area contributed by atoms with Crippen LogP contribution in [0.1, 0.15) is 12.0 Å². The number of nitrogens with zero attached hydrogens (tertiary/aromatic N) is 1. The lowest BCUT2D eigenvalue weighted by Gasteiger charge is -2.24. The summed E-state index contributed by atoms with van der Waals surface area (Å²) in [5, 5.41) is 27.8. The Hall–Kier alpha value is -2.12. The van der Waals surface area contributed by atoms with E-state index in [4.69, 9.17) is 10.8 Å². The number of likely N-dealkylation sites (tertiary alicyclic amines) is 1. The van der Waals surface area contributed by atoms with Crippen LogP contribution in [-0.4, -0.2) is 56.8 Å². The molecule has 1 heterocycles. The van der Waals surface area contributed by atoms with E-state index < -0.39 is 30.1 Å². The van der Waals surface area contributed by atoms with E-state index in [0.717, 1.165) is 10.5 Å². The Morgan fingerprint density at radius 1 is 1.33 bits per heavy atom. The van der Waals surface area contributed by atoms with Gasteiger partial charge in [-0.25, -0.2) is 4.79 Å². The van der Waals surface area contributed by atoms with Crippen molar-refractivity contribution in [1.29, 1.82) is 0 Å². The van der Waals surface area contributed by atoms with E-state index in [0.29, 0.717) is 0 Å². The molecule has 7 nitrogen and oxygen atoms in total. The van der Waals surface area contributed by atoms with Crippen LogP contribution in [0.2, 0.25) is 0 Å². The number of carbonyl (C=O) groups is 2. The summed E-state index contributed by atoms with van der Waals surface area (Å²) in [6, 6.07) is 4.37. The van der Waals surface area contributed by atoms with Crippen LogP contribution in [0.25, 0.3) is 0 Å². The van der Waals surface area contributed by atoms with Crippen LogP contribution in [0, 0.1) is 0 Å². The molecule has 0 aliphatic carbocycles. The minimum atomic E-state index is -1.14. The third-order valence-corrected chi connectivity index (χ3v) is 3.56. The fraction of sp³-hybridized carbons (Fsp3) is 0.429. The van der Waals surface area contributed by atoms with Gasteiger partial charge < -0.3 is 26.0 Å². The van der Waals surface area contributed by atoms with E-state index in [1.807, 2.05) is 0 Å². The van der Waals surface area contributed by atoms with Gasteiger partial charge in [-0.2, -0.15) is 0 Å². The van der Waals surface area contributed by atoms with E-state index in [1.165, 1.54) is 12.1 Å². The highest BCUT2D eigenvalue weighted by Gasteiger charge is 2.40. The number of aliphatic hydroxyl groups is 1. The molecule has 2 rings (SSSR count). The second kappa shape index (κ2) is 6.11. The fourth-order valence-corrected chi connectivity index (χ4v) is 2.48. The minimum absolute atomic E-state index is 0.0148. The van der Waals surface area contributed by atoms with Gasteiger partial charge in [-0.05, 0) is 24.1 Å². The van der Waals surface area contributed by atoms with Crippen molar-refractivity contribution >= 4 is 11.9 Å². The lowest BCUT2D eigenvalue weighted by atomic mass is 10.0. The first-order chi connectivity index (χ1) is 9.88. The van der Waals surface area contributed by atoms with Gasteiger partial charge in [-0.15, -0.1) is 0 Å². The number of hydrogen-bond donors (Lipinski definition) is 4. The maximum atomic E-state index is 12.3. The third kappa shape index (κ3) is 3.50. The van der Waals surface area contributed by atoms with Gasteiger partial charge in [0.15, 0.2) is 0 Å². The molecular weight excluding hydrogens is 276 g/mol. The van der Waals surface area contributed by atoms with Gasteiger partial charge >= 0.3 is 5.97 Å². The van der Waals surface area contributed by atoms with E-state index in [9.17, 15) is 19.8 Å². The van der Waals surface area contributed by atoms with Gasteiger partial charge in [0, 0.05) is 13.0 Å². The summed E-state index contributed by atoms with van der Waals surface area (Å²) in [5.41, 5.74) is 6.61. The average Bonchev–Trinajstić information content (AvgIpc) is 2.82. The number of rotatable bonds is 4. The molecule has 0 aromatic heterocycles. The number of phenolic OH excluding ortho intramolecular Hbond substituents is 1. The number of aliphatic hydroxyl groups excluding tert-OH is 1. The Bertz CT molecular complexity index is 531. The molecule has 21 heavy (non-hydrogen) atoms. The van der Waals surface area contributed by atoms with Crippen molar-refractivity contribution in [2.24, 2.45) is 5.73 Å². The summed E-state index contributed by atoms with van der Waals surface area (Å²) < 4.78 is 0. The number of carbonyl (C=O) groups excluding carboxylic acids is 1. The van der Waals surface area contributed by atoms with Gasteiger partial charge in [-0.3, -0.25) is 4.79 Å². The predicted octanol–water partition coefficient (Wildman–Crippen LogP) is -0.692. The fourth-order valence-electron chi connectivity index (χ4n) is 2.48. The average molecular weight is 294 g/mol. The predicted molar refractivity (Wildman–Crippen MR) is 73.5 cm³/mol. The standard InChI is InChI=1S/C14H18N2O5/c15-11(5-8-1-3-9(17)4-2-8)13(19)16-7-10(18)6-12(16)14(20)21/h1-4,10-12,17-18H,5-7,15H2,(H,20,21)/t10?,11-,12+/m1/s1. The summed E-state index contributed by atoms with van der Waals surface area (Å²) in [6.45, 7) is -0.0148. The number of aromatic hydroxyl groups is 1. The summed E-state index contributed by atoms with van der Waals surface area (Å²) in [6.07, 6.45) is -0.582. The maximum absolute atomic E-state index is 12.3. The zero-order valence-electron chi connectivity index (χ0n) is 11.3. The highest BCUT2D eigenvalue weighted by Crippen LogP contribution is 2.20. The summed E-state index contributed by atoms with van der Waals surface area (Å²) >= 11 is 0. The van der Waals surface area contributed by atoms with Crippen LogP contribution in [0.15, 0.2) is 24.3 Å². The molecule has 0 spiro atoms. The van der Waals surface area contributed by atoms with Crippen LogP contribution >= 0.6 is 0 Å². The molecule has 1 aliphatic heterocycles. The van der Waals surface area contributed by atoms with Crippen molar-refractivity contribution in [2.45, 2.75) is 31.0 Å². The molecule has 7 heteroatoms. The first-order valence-electron chi connectivity index (χ1n) is 6.63. The van der Waals surface area contributed by atoms with Gasteiger partial charge in [0.1, 0.15) is 11.8 Å².